The van der Waals surface area contributed by atoms with Crippen LogP contribution in [0.15, 0.2) is 70.6 Å². The second-order valence-corrected chi connectivity index (χ2v) is 8.10. The minimum absolute atomic E-state index is 0.272. The van der Waals surface area contributed by atoms with Gasteiger partial charge in [-0.05, 0) is 52.4 Å². The average Bonchev–Trinajstić information content (AvgIpc) is 3.05. The number of amidine groups is 1. The van der Waals surface area contributed by atoms with Crippen molar-refractivity contribution in [2.45, 2.75) is 13.5 Å². The van der Waals surface area contributed by atoms with Crippen LogP contribution in [0.25, 0.3) is 16.8 Å². The van der Waals surface area contributed by atoms with Gasteiger partial charge >= 0.3 is 0 Å². The maximum atomic E-state index is 12.4. The number of fused-ring (bicyclic) bond motifs is 1. The predicted molar refractivity (Wildman–Crippen MR) is 122 cm³/mol. The normalized spacial score (nSPS) is 14.8. The number of nitrogens with one attached hydrogen (secondary N) is 1. The zero-order valence-electron chi connectivity index (χ0n) is 16.0. The van der Waals surface area contributed by atoms with Gasteiger partial charge in [-0.2, -0.15) is 4.99 Å². The molecule has 5 nitrogen and oxygen atoms in total. The summed E-state index contributed by atoms with van der Waals surface area (Å²) in [6, 6.07) is 19.2. The number of halogens is 1. The van der Waals surface area contributed by atoms with E-state index in [4.69, 9.17) is 16.3 Å². The monoisotopic (exact) mass is 436 g/mol. The summed E-state index contributed by atoms with van der Waals surface area (Å²) in [5, 5.41) is 5.46. The van der Waals surface area contributed by atoms with Crippen molar-refractivity contribution in [1.82, 2.24) is 5.32 Å². The van der Waals surface area contributed by atoms with Crippen molar-refractivity contribution >= 4 is 57.2 Å². The van der Waals surface area contributed by atoms with Crippen LogP contribution in [0.2, 0.25) is 5.02 Å². The van der Waals surface area contributed by atoms with E-state index in [0.717, 1.165) is 33.7 Å². The third-order valence-corrected chi connectivity index (χ3v) is 5.53. The van der Waals surface area contributed by atoms with Crippen molar-refractivity contribution in [2.75, 3.05) is 0 Å². The van der Waals surface area contributed by atoms with Crippen LogP contribution >= 0.6 is 23.4 Å². The van der Waals surface area contributed by atoms with E-state index in [-0.39, 0.29) is 11.1 Å². The molecule has 0 saturated carbocycles. The molecule has 0 unspecified atom stereocenters. The highest BCUT2D eigenvalue weighted by molar-refractivity contribution is 8.18. The second kappa shape index (κ2) is 8.73. The molecule has 30 heavy (non-hydrogen) atoms. The van der Waals surface area contributed by atoms with E-state index in [1.54, 1.807) is 6.08 Å². The molecule has 0 aliphatic carbocycles. The molecule has 3 aromatic rings. The molecular formula is C23H17ClN2O3S. The molecule has 1 heterocycles. The molecular weight excluding hydrogens is 420 g/mol. The van der Waals surface area contributed by atoms with E-state index in [1.165, 1.54) is 6.92 Å². The van der Waals surface area contributed by atoms with Crippen LogP contribution in [0.4, 0.5) is 0 Å². The van der Waals surface area contributed by atoms with Gasteiger partial charge in [0.25, 0.3) is 5.91 Å². The molecule has 4 rings (SSSR count). The number of ether oxygens (including phenoxy) is 1. The molecule has 0 spiro atoms. The lowest BCUT2D eigenvalue weighted by Crippen LogP contribution is -2.23. The van der Waals surface area contributed by atoms with Crippen molar-refractivity contribution in [2.24, 2.45) is 4.99 Å². The molecule has 7 heteroatoms. The van der Waals surface area contributed by atoms with Gasteiger partial charge in [0.2, 0.25) is 5.91 Å². The first-order valence-corrected chi connectivity index (χ1v) is 10.4. The van der Waals surface area contributed by atoms with Crippen molar-refractivity contribution in [1.29, 1.82) is 0 Å². The lowest BCUT2D eigenvalue weighted by molar-refractivity contribution is -0.117. The lowest BCUT2D eigenvalue weighted by Gasteiger charge is -2.13. The van der Waals surface area contributed by atoms with Crippen LogP contribution < -0.4 is 10.1 Å². The Morgan fingerprint density at radius 1 is 1.17 bits per heavy atom. The lowest BCUT2D eigenvalue weighted by atomic mass is 10.0. The van der Waals surface area contributed by atoms with Gasteiger partial charge in [0.1, 0.15) is 12.4 Å². The number of carbonyl (C=O) groups is 2. The van der Waals surface area contributed by atoms with Gasteiger partial charge in [-0.1, -0.05) is 54.1 Å². The summed E-state index contributed by atoms with van der Waals surface area (Å²) in [5.41, 5.74) is 1.72. The van der Waals surface area contributed by atoms with E-state index in [0.29, 0.717) is 22.3 Å². The highest BCUT2D eigenvalue weighted by Gasteiger charge is 2.23. The number of nitrogens with zero attached hydrogens (tertiary/aromatic N) is 1. The summed E-state index contributed by atoms with van der Waals surface area (Å²) < 4.78 is 6.09. The zero-order valence-corrected chi connectivity index (χ0v) is 17.6. The summed E-state index contributed by atoms with van der Waals surface area (Å²) in [6.45, 7) is 1.71. The number of amides is 2. The quantitative estimate of drug-likeness (QED) is 0.572. The molecule has 1 N–H and O–H groups in total. The number of rotatable bonds is 4. The number of carbonyl (C=O) groups excluding carboxylic acids is 2. The molecule has 1 aliphatic rings. The molecule has 0 fully saturated rings. The Morgan fingerprint density at radius 3 is 2.80 bits per heavy atom. The fraction of sp³-hybridized carbons (Fsp3) is 0.0870. The molecule has 0 bridgehead atoms. The van der Waals surface area contributed by atoms with Gasteiger partial charge in [0.15, 0.2) is 5.17 Å². The zero-order chi connectivity index (χ0) is 21.1. The number of aliphatic imine (C=N–C) groups is 1. The van der Waals surface area contributed by atoms with Crippen molar-refractivity contribution < 1.29 is 14.3 Å². The largest absolute Gasteiger partial charge is 0.488 e. The standard InChI is InChI=1S/C23H17ClN2O3S/c1-14(27)25-23-26-22(28)21(30-23)12-19-18-8-3-2-6-16(18)9-10-20(19)29-13-15-5-4-7-17(24)11-15/h2-12H,13H2,1H3,(H,25,26,27,28)/b21-12-. The number of benzene rings is 3. The first-order chi connectivity index (χ1) is 14.5. The molecule has 3 aromatic carbocycles. The van der Waals surface area contributed by atoms with E-state index < -0.39 is 5.91 Å². The fourth-order valence-electron chi connectivity index (χ4n) is 3.08. The second-order valence-electron chi connectivity index (χ2n) is 6.63. The molecule has 0 aromatic heterocycles. The van der Waals surface area contributed by atoms with Gasteiger partial charge in [0.05, 0.1) is 4.91 Å². The number of hydrogen-bond acceptors (Lipinski definition) is 4. The molecule has 0 atom stereocenters. The Labute approximate surface area is 182 Å². The molecule has 1 aliphatic heterocycles. The highest BCUT2D eigenvalue weighted by Crippen LogP contribution is 2.35. The number of hydrogen-bond donors (Lipinski definition) is 1. The Morgan fingerprint density at radius 2 is 2.00 bits per heavy atom. The van der Waals surface area contributed by atoms with Crippen molar-refractivity contribution in [3.8, 4) is 5.75 Å². The van der Waals surface area contributed by atoms with E-state index in [1.807, 2.05) is 60.7 Å². The van der Waals surface area contributed by atoms with Crippen LogP contribution in [0.5, 0.6) is 5.75 Å². The van der Waals surface area contributed by atoms with Crippen LogP contribution in [0.3, 0.4) is 0 Å². The Hall–Kier alpha value is -3.09. The van der Waals surface area contributed by atoms with E-state index >= 15 is 0 Å². The summed E-state index contributed by atoms with van der Waals surface area (Å²) >= 11 is 7.20. The van der Waals surface area contributed by atoms with Gasteiger partial charge in [-0.15, -0.1) is 0 Å². The average molecular weight is 437 g/mol. The van der Waals surface area contributed by atoms with Crippen molar-refractivity contribution in [3.05, 3.63) is 81.7 Å². The predicted octanol–water partition coefficient (Wildman–Crippen LogP) is 5.18. The fourth-order valence-corrected chi connectivity index (χ4v) is 4.14. The minimum Gasteiger partial charge on any atom is -0.488 e. The first kappa shape index (κ1) is 20.2. The van der Waals surface area contributed by atoms with Crippen LogP contribution in [0, 0.1) is 0 Å². The van der Waals surface area contributed by atoms with Crippen LogP contribution in [-0.4, -0.2) is 17.0 Å². The number of thioether (sulfide) groups is 1. The smallest absolute Gasteiger partial charge is 0.286 e. The molecule has 2 amide bonds. The molecule has 150 valence electrons. The Kier molecular flexibility index (Phi) is 5.88. The summed E-state index contributed by atoms with van der Waals surface area (Å²) in [5.74, 6) is -0.0222. The van der Waals surface area contributed by atoms with Crippen molar-refractivity contribution in [3.63, 3.8) is 0 Å². The van der Waals surface area contributed by atoms with Crippen LogP contribution in [-0.2, 0) is 16.2 Å². The topological polar surface area (TPSA) is 67.8 Å². The van der Waals surface area contributed by atoms with Crippen LogP contribution in [0.1, 0.15) is 18.1 Å². The third-order valence-electron chi connectivity index (χ3n) is 4.39. The summed E-state index contributed by atoms with van der Waals surface area (Å²) in [4.78, 5) is 28.0. The van der Waals surface area contributed by atoms with E-state index in [9.17, 15) is 9.59 Å². The van der Waals surface area contributed by atoms with E-state index in [2.05, 4.69) is 10.3 Å². The molecule has 0 radical (unpaired) electrons. The van der Waals surface area contributed by atoms with Gasteiger partial charge in [-0.3, -0.25) is 9.59 Å². The van der Waals surface area contributed by atoms with Gasteiger partial charge in [0, 0.05) is 17.5 Å². The summed E-state index contributed by atoms with van der Waals surface area (Å²) in [7, 11) is 0. The highest BCUT2D eigenvalue weighted by atomic mass is 35.5. The molecule has 0 saturated heterocycles. The SMILES string of the molecule is CC(=O)NC1=NC(=O)/C(=C/c2c(OCc3cccc(Cl)c3)ccc3ccccc23)S1. The van der Waals surface area contributed by atoms with Gasteiger partial charge < -0.3 is 10.1 Å². The Bertz CT molecular complexity index is 1220. The Balaban J connectivity index is 1.69. The van der Waals surface area contributed by atoms with Gasteiger partial charge in [-0.25, -0.2) is 0 Å². The minimum atomic E-state index is -0.391. The first-order valence-electron chi connectivity index (χ1n) is 9.19. The maximum Gasteiger partial charge on any atom is 0.286 e. The maximum absolute atomic E-state index is 12.4. The summed E-state index contributed by atoms with van der Waals surface area (Å²) in [6.07, 6.45) is 1.76. The third kappa shape index (κ3) is 4.56.